The summed E-state index contributed by atoms with van der Waals surface area (Å²) in [5.74, 6) is 1.00. The number of aromatic nitrogens is 2. The Balaban J connectivity index is 0.000000502. The smallest absolute Gasteiger partial charge is 0.346 e. The van der Waals surface area contributed by atoms with Crippen LogP contribution >= 0.6 is 0 Å². The fourth-order valence-corrected chi connectivity index (χ4v) is 2.80. The van der Waals surface area contributed by atoms with Gasteiger partial charge in [0.05, 0.1) is 0 Å². The van der Waals surface area contributed by atoms with Gasteiger partial charge in [0.25, 0.3) is 0 Å². The maximum absolute atomic E-state index is 11.5. The summed E-state index contributed by atoms with van der Waals surface area (Å²) >= 11 is 0. The molecule has 2 N–H and O–H groups in total. The van der Waals surface area contributed by atoms with Crippen molar-refractivity contribution in [2.45, 2.75) is 31.3 Å². The van der Waals surface area contributed by atoms with Crippen LogP contribution < -0.4 is 4.13 Å². The van der Waals surface area contributed by atoms with Crippen molar-refractivity contribution in [3.63, 3.8) is 0 Å². The first-order valence-corrected chi connectivity index (χ1v) is 8.41. The number of rotatable bonds is 3. The molecule has 0 aliphatic rings. The van der Waals surface area contributed by atoms with E-state index in [4.69, 9.17) is 0 Å². The van der Waals surface area contributed by atoms with Gasteiger partial charge in [-0.25, -0.2) is 21.8 Å². The molecule has 0 spiro atoms. The lowest BCUT2D eigenvalue weighted by Crippen LogP contribution is -2.45. The van der Waals surface area contributed by atoms with Crippen LogP contribution in [0.2, 0.25) is 0 Å². The van der Waals surface area contributed by atoms with Gasteiger partial charge in [0.1, 0.15) is 5.82 Å². The molecule has 1 heterocycles. The number of nitrogens with zero attached hydrogens (tertiary/aromatic N) is 1. The van der Waals surface area contributed by atoms with E-state index in [2.05, 4.69) is 16.9 Å². The lowest BCUT2D eigenvalue weighted by atomic mass is 10.4. The highest BCUT2D eigenvalue weighted by molar-refractivity contribution is 8.05. The van der Waals surface area contributed by atoms with E-state index in [1.807, 2.05) is 13.1 Å². The monoisotopic (exact) mass is 391 g/mol. The first-order chi connectivity index (χ1) is 10.0. The van der Waals surface area contributed by atoms with Crippen LogP contribution in [-0.2, 0) is 26.5 Å². The van der Waals surface area contributed by atoms with E-state index in [1.165, 1.54) is 5.69 Å². The van der Waals surface area contributed by atoms with Gasteiger partial charge in [-0.3, -0.25) is 0 Å². The number of hydrogen-bond acceptors (Lipinski definition) is 5. The van der Waals surface area contributed by atoms with E-state index in [0.29, 0.717) is 0 Å². The van der Waals surface area contributed by atoms with Gasteiger partial charge < -0.3 is 4.98 Å². The highest BCUT2D eigenvalue weighted by atomic mass is 32.3. The molecule has 1 aromatic heterocycles. The zero-order valence-corrected chi connectivity index (χ0v) is 13.1. The molecule has 23 heavy (non-hydrogen) atoms. The second-order valence-electron chi connectivity index (χ2n) is 3.83. The number of nitrogens with one attached hydrogen (secondary N) is 2. The third kappa shape index (κ3) is 6.34. The molecular weight excluding hydrogens is 380 g/mol. The Morgan fingerprint density at radius 1 is 1.04 bits per heavy atom. The SMILES string of the molecule is CCc1cnc(C)[nH]1.O=S(=O)(NS(=O)(=O)C(F)(F)F)C(F)(F)F. The fraction of sp³-hybridized carbons (Fsp3) is 0.625. The Morgan fingerprint density at radius 2 is 1.43 bits per heavy atom. The molecule has 0 aliphatic heterocycles. The highest BCUT2D eigenvalue weighted by Gasteiger charge is 2.55. The van der Waals surface area contributed by atoms with Crippen LogP contribution in [0.4, 0.5) is 26.3 Å². The van der Waals surface area contributed by atoms with Crippen molar-refractivity contribution in [2.24, 2.45) is 0 Å². The van der Waals surface area contributed by atoms with Crippen LogP contribution in [0.1, 0.15) is 18.4 Å². The molecule has 0 saturated heterocycles. The van der Waals surface area contributed by atoms with Gasteiger partial charge in [0.15, 0.2) is 0 Å². The number of aryl methyl sites for hydroxylation is 2. The third-order valence-electron chi connectivity index (χ3n) is 1.97. The van der Waals surface area contributed by atoms with Crippen molar-refractivity contribution in [1.82, 2.24) is 14.1 Å². The minimum Gasteiger partial charge on any atom is -0.346 e. The van der Waals surface area contributed by atoms with Crippen molar-refractivity contribution in [3.05, 3.63) is 17.7 Å². The Bertz CT molecular complexity index is 678. The van der Waals surface area contributed by atoms with E-state index >= 15 is 0 Å². The van der Waals surface area contributed by atoms with Crippen LogP contribution in [0.5, 0.6) is 0 Å². The minimum atomic E-state index is -6.60. The average molecular weight is 391 g/mol. The number of alkyl halides is 6. The van der Waals surface area contributed by atoms with Gasteiger partial charge >= 0.3 is 31.1 Å². The number of sulfonamides is 2. The molecule has 7 nitrogen and oxygen atoms in total. The molecule has 0 saturated carbocycles. The molecule has 15 heteroatoms. The molecule has 0 amide bonds. The summed E-state index contributed by atoms with van der Waals surface area (Å²) in [6, 6.07) is 0. The third-order valence-corrected chi connectivity index (χ3v) is 4.94. The first kappa shape index (κ1) is 21.6. The van der Waals surface area contributed by atoms with Gasteiger partial charge in [0.2, 0.25) is 0 Å². The van der Waals surface area contributed by atoms with Gasteiger partial charge in [0, 0.05) is 11.9 Å². The summed E-state index contributed by atoms with van der Waals surface area (Å²) in [6.07, 6.45) is 2.91. The molecule has 0 bridgehead atoms. The Labute approximate surface area is 127 Å². The molecule has 1 aromatic rings. The second-order valence-corrected chi connectivity index (χ2v) is 7.44. The normalized spacial score (nSPS) is 13.4. The van der Waals surface area contributed by atoms with Crippen molar-refractivity contribution in [3.8, 4) is 0 Å². The number of aromatic amines is 1. The fourth-order valence-electron chi connectivity index (χ4n) is 0.890. The maximum Gasteiger partial charge on any atom is 0.512 e. The van der Waals surface area contributed by atoms with Crippen molar-refractivity contribution >= 4 is 20.0 Å². The number of H-pyrrole nitrogens is 1. The summed E-state index contributed by atoms with van der Waals surface area (Å²) in [5.41, 5.74) is -11.1. The molecule has 0 radical (unpaired) electrons. The van der Waals surface area contributed by atoms with Crippen LogP contribution in [0.15, 0.2) is 6.20 Å². The van der Waals surface area contributed by atoms with Gasteiger partial charge in [-0.1, -0.05) is 11.1 Å². The van der Waals surface area contributed by atoms with E-state index in [9.17, 15) is 43.2 Å². The topological polar surface area (TPSA) is 109 Å². The average Bonchev–Trinajstić information content (AvgIpc) is 2.71. The maximum atomic E-state index is 11.5. The molecule has 1 rings (SSSR count). The number of hydrogen-bond donors (Lipinski definition) is 2. The van der Waals surface area contributed by atoms with Crippen LogP contribution in [0.3, 0.4) is 0 Å². The number of halogens is 6. The summed E-state index contributed by atoms with van der Waals surface area (Å²) in [5, 5.41) is 0. The number of imidazole rings is 1. The largest absolute Gasteiger partial charge is 0.512 e. The lowest BCUT2D eigenvalue weighted by molar-refractivity contribution is -0.0476. The van der Waals surface area contributed by atoms with Crippen LogP contribution in [-0.4, -0.2) is 37.8 Å². The standard InChI is InChI=1S/C6H10N2.C2HF6NO4S2/c1-3-6-4-7-5(2)8-6;3-1(4,5)14(10,11)9-15(12,13)2(6,7)8/h4H,3H2,1-2H3,(H,7,8);9H. The first-order valence-electron chi connectivity index (χ1n) is 5.45. The zero-order valence-electron chi connectivity index (χ0n) is 11.4. The molecular formula is C8H11F6N3O4S2. The van der Waals surface area contributed by atoms with Gasteiger partial charge in [-0.2, -0.15) is 26.3 Å². The Hall–Kier alpha value is -1.35. The Kier molecular flexibility index (Phi) is 6.63. The minimum absolute atomic E-state index is 0.493. The van der Waals surface area contributed by atoms with E-state index < -0.39 is 35.2 Å². The zero-order chi connectivity index (χ0) is 18.7. The highest BCUT2D eigenvalue weighted by Crippen LogP contribution is 2.27. The van der Waals surface area contributed by atoms with E-state index in [1.54, 1.807) is 0 Å². The predicted octanol–water partition coefficient (Wildman–Crippen LogP) is 1.56. The molecule has 0 fully saturated rings. The predicted molar refractivity (Wildman–Crippen MR) is 65.8 cm³/mol. The summed E-state index contributed by atoms with van der Waals surface area (Å²) < 4.78 is 108. The van der Waals surface area contributed by atoms with E-state index in [-0.39, 0.29) is 0 Å². The van der Waals surface area contributed by atoms with Gasteiger partial charge in [-0.15, -0.1) is 0 Å². The molecule has 136 valence electrons. The lowest BCUT2D eigenvalue weighted by Gasteiger charge is -2.11. The molecule has 0 aromatic carbocycles. The molecule has 0 atom stereocenters. The van der Waals surface area contributed by atoms with Crippen LogP contribution in [0.25, 0.3) is 0 Å². The quantitative estimate of drug-likeness (QED) is 0.760. The Morgan fingerprint density at radius 3 is 1.61 bits per heavy atom. The van der Waals surface area contributed by atoms with Crippen molar-refractivity contribution in [1.29, 1.82) is 0 Å². The molecule has 0 unspecified atom stereocenters. The van der Waals surface area contributed by atoms with Crippen molar-refractivity contribution in [2.75, 3.05) is 0 Å². The second kappa shape index (κ2) is 7.04. The van der Waals surface area contributed by atoms with Crippen molar-refractivity contribution < 1.29 is 43.2 Å². The summed E-state index contributed by atoms with van der Waals surface area (Å²) in [6.45, 7) is 4.06. The van der Waals surface area contributed by atoms with Crippen LogP contribution in [0, 0.1) is 6.92 Å². The van der Waals surface area contributed by atoms with E-state index in [0.717, 1.165) is 12.2 Å². The summed E-state index contributed by atoms with van der Waals surface area (Å²) in [4.78, 5) is 7.15. The molecule has 0 aliphatic carbocycles. The summed E-state index contributed by atoms with van der Waals surface area (Å²) in [7, 11) is -13.2. The van der Waals surface area contributed by atoms with Gasteiger partial charge in [-0.05, 0) is 13.3 Å².